The number of carbonyl (C=O) groups is 2. The molecular weight excluding hydrogens is 297 g/mol. The van der Waals surface area contributed by atoms with E-state index >= 15 is 0 Å². The van der Waals surface area contributed by atoms with Gasteiger partial charge in [0.2, 0.25) is 0 Å². The Balaban J connectivity index is 1.95. The molecule has 0 aliphatic rings. The molecule has 2 N–H and O–H groups in total. The van der Waals surface area contributed by atoms with Crippen molar-refractivity contribution in [3.63, 3.8) is 0 Å². The Kier molecular flexibility index (Phi) is 5.19. The average Bonchev–Trinajstić information content (AvgIpc) is 2.51. The van der Waals surface area contributed by atoms with Crippen LogP contribution in [-0.4, -0.2) is 18.0 Å². The maximum absolute atomic E-state index is 13.4. The number of benzene rings is 2. The first kappa shape index (κ1) is 16.4. The lowest BCUT2D eigenvalue weighted by Gasteiger charge is -2.08. The van der Waals surface area contributed by atoms with Gasteiger partial charge >= 0.3 is 11.8 Å². The van der Waals surface area contributed by atoms with Crippen molar-refractivity contribution >= 4 is 23.7 Å². The highest BCUT2D eigenvalue weighted by atomic mass is 19.1. The summed E-state index contributed by atoms with van der Waals surface area (Å²) in [6.45, 7) is 3.76. The van der Waals surface area contributed by atoms with Crippen molar-refractivity contribution in [1.82, 2.24) is 5.43 Å². The minimum absolute atomic E-state index is 0.211. The van der Waals surface area contributed by atoms with Crippen molar-refractivity contribution in [2.75, 3.05) is 5.32 Å². The van der Waals surface area contributed by atoms with Crippen LogP contribution >= 0.6 is 0 Å². The van der Waals surface area contributed by atoms with Crippen LogP contribution in [0.2, 0.25) is 0 Å². The SMILES string of the molecule is Cc1ccc(NC(=O)C(=O)N/N=C\c2ccccc2F)c(C)c1. The number of carbonyl (C=O) groups excluding carboxylic acids is 2. The molecule has 2 aromatic rings. The zero-order valence-electron chi connectivity index (χ0n) is 12.8. The Hall–Kier alpha value is -3.02. The Morgan fingerprint density at radius 2 is 1.83 bits per heavy atom. The van der Waals surface area contributed by atoms with Crippen LogP contribution in [0.5, 0.6) is 0 Å². The third-order valence-electron chi connectivity index (χ3n) is 3.11. The van der Waals surface area contributed by atoms with Crippen molar-refractivity contribution in [3.05, 3.63) is 65.0 Å². The molecule has 2 amide bonds. The van der Waals surface area contributed by atoms with Crippen LogP contribution < -0.4 is 10.7 Å². The number of rotatable bonds is 3. The second-order valence-corrected chi connectivity index (χ2v) is 4.99. The fourth-order valence-electron chi connectivity index (χ4n) is 1.92. The lowest BCUT2D eigenvalue weighted by atomic mass is 10.1. The maximum atomic E-state index is 13.4. The van der Waals surface area contributed by atoms with E-state index in [0.717, 1.165) is 17.3 Å². The highest BCUT2D eigenvalue weighted by Crippen LogP contribution is 2.15. The Morgan fingerprint density at radius 3 is 2.52 bits per heavy atom. The van der Waals surface area contributed by atoms with Gasteiger partial charge in [-0.25, -0.2) is 9.82 Å². The smallest absolute Gasteiger partial charge is 0.317 e. The van der Waals surface area contributed by atoms with E-state index in [4.69, 9.17) is 0 Å². The molecule has 0 saturated carbocycles. The summed E-state index contributed by atoms with van der Waals surface area (Å²) in [5, 5.41) is 6.07. The molecule has 2 rings (SSSR count). The number of hydrazone groups is 1. The molecule has 0 unspecified atom stereocenters. The zero-order valence-corrected chi connectivity index (χ0v) is 12.8. The number of anilines is 1. The van der Waals surface area contributed by atoms with Gasteiger partial charge in [-0.15, -0.1) is 0 Å². The van der Waals surface area contributed by atoms with E-state index in [0.29, 0.717) is 5.69 Å². The molecule has 0 aromatic heterocycles. The van der Waals surface area contributed by atoms with Crippen LogP contribution in [0.15, 0.2) is 47.6 Å². The van der Waals surface area contributed by atoms with E-state index in [1.54, 1.807) is 18.2 Å². The topological polar surface area (TPSA) is 70.6 Å². The molecule has 0 aliphatic heterocycles. The Labute approximate surface area is 133 Å². The van der Waals surface area contributed by atoms with Crippen molar-refractivity contribution in [2.24, 2.45) is 5.10 Å². The first-order chi connectivity index (χ1) is 11.0. The monoisotopic (exact) mass is 313 g/mol. The van der Waals surface area contributed by atoms with Crippen LogP contribution in [0.1, 0.15) is 16.7 Å². The predicted octanol–water partition coefficient (Wildman–Crippen LogP) is 2.53. The molecule has 0 fully saturated rings. The summed E-state index contributed by atoms with van der Waals surface area (Å²) in [5.41, 5.74) is 4.72. The zero-order chi connectivity index (χ0) is 16.8. The highest BCUT2D eigenvalue weighted by Gasteiger charge is 2.13. The fourth-order valence-corrected chi connectivity index (χ4v) is 1.92. The van der Waals surface area contributed by atoms with Crippen LogP contribution in [0.25, 0.3) is 0 Å². The van der Waals surface area contributed by atoms with E-state index in [9.17, 15) is 14.0 Å². The first-order valence-corrected chi connectivity index (χ1v) is 6.93. The average molecular weight is 313 g/mol. The third-order valence-corrected chi connectivity index (χ3v) is 3.11. The van der Waals surface area contributed by atoms with Crippen molar-refractivity contribution in [2.45, 2.75) is 13.8 Å². The van der Waals surface area contributed by atoms with Crippen molar-refractivity contribution in [1.29, 1.82) is 0 Å². The Bertz CT molecular complexity index is 772. The highest BCUT2D eigenvalue weighted by molar-refractivity contribution is 6.39. The molecule has 0 spiro atoms. The maximum Gasteiger partial charge on any atom is 0.329 e. The normalized spacial score (nSPS) is 10.6. The summed E-state index contributed by atoms with van der Waals surface area (Å²) >= 11 is 0. The van der Waals surface area contributed by atoms with Gasteiger partial charge in [0.15, 0.2) is 0 Å². The van der Waals surface area contributed by atoms with Gasteiger partial charge in [0, 0.05) is 11.3 Å². The molecule has 2 aromatic carbocycles. The van der Waals surface area contributed by atoms with Gasteiger partial charge in [0.1, 0.15) is 5.82 Å². The molecule has 0 bridgehead atoms. The number of nitrogens with one attached hydrogen (secondary N) is 2. The number of nitrogens with zero attached hydrogens (tertiary/aromatic N) is 1. The van der Waals surface area contributed by atoms with Gasteiger partial charge in [0.05, 0.1) is 6.21 Å². The van der Waals surface area contributed by atoms with Gasteiger partial charge in [-0.2, -0.15) is 5.10 Å². The largest absolute Gasteiger partial charge is 0.329 e. The molecule has 0 saturated heterocycles. The van der Waals surface area contributed by atoms with Crippen LogP contribution in [0.3, 0.4) is 0 Å². The van der Waals surface area contributed by atoms with Gasteiger partial charge in [-0.1, -0.05) is 35.9 Å². The summed E-state index contributed by atoms with van der Waals surface area (Å²) in [4.78, 5) is 23.5. The standard InChI is InChI=1S/C17H16FN3O2/c1-11-7-8-15(12(2)9-11)20-16(22)17(23)21-19-10-13-5-3-4-6-14(13)18/h3-10H,1-2H3,(H,20,22)(H,21,23)/b19-10-. The minimum Gasteiger partial charge on any atom is -0.317 e. The molecule has 0 heterocycles. The summed E-state index contributed by atoms with van der Waals surface area (Å²) in [5.74, 6) is -2.24. The summed E-state index contributed by atoms with van der Waals surface area (Å²) in [6, 6.07) is 11.4. The Morgan fingerprint density at radius 1 is 1.09 bits per heavy atom. The molecule has 6 heteroatoms. The summed E-state index contributed by atoms with van der Waals surface area (Å²) < 4.78 is 13.4. The van der Waals surface area contributed by atoms with Gasteiger partial charge < -0.3 is 5.32 Å². The van der Waals surface area contributed by atoms with Crippen molar-refractivity contribution in [3.8, 4) is 0 Å². The number of hydrogen-bond donors (Lipinski definition) is 2. The molecule has 0 atom stereocenters. The predicted molar refractivity (Wildman–Crippen MR) is 86.7 cm³/mol. The lowest BCUT2D eigenvalue weighted by molar-refractivity contribution is -0.136. The molecule has 5 nitrogen and oxygen atoms in total. The molecule has 118 valence electrons. The molecule has 0 radical (unpaired) electrons. The van der Waals surface area contributed by atoms with Gasteiger partial charge in [0.25, 0.3) is 0 Å². The fraction of sp³-hybridized carbons (Fsp3) is 0.118. The van der Waals surface area contributed by atoms with E-state index in [2.05, 4.69) is 15.8 Å². The minimum atomic E-state index is -0.933. The number of halogens is 1. The van der Waals surface area contributed by atoms with E-state index < -0.39 is 17.6 Å². The van der Waals surface area contributed by atoms with Crippen molar-refractivity contribution < 1.29 is 14.0 Å². The van der Waals surface area contributed by atoms with Crippen LogP contribution in [0, 0.1) is 19.7 Å². The summed E-state index contributed by atoms with van der Waals surface area (Å²) in [7, 11) is 0. The number of hydrogen-bond acceptors (Lipinski definition) is 3. The van der Waals surface area contributed by atoms with Gasteiger partial charge in [-0.05, 0) is 31.5 Å². The summed E-state index contributed by atoms with van der Waals surface area (Å²) in [6.07, 6.45) is 1.14. The number of aryl methyl sites for hydroxylation is 2. The number of amides is 2. The molecular formula is C17H16FN3O2. The quantitative estimate of drug-likeness (QED) is 0.519. The molecule has 0 aliphatic carbocycles. The third kappa shape index (κ3) is 4.47. The second-order valence-electron chi connectivity index (χ2n) is 4.99. The van der Waals surface area contributed by atoms with Gasteiger partial charge in [-0.3, -0.25) is 9.59 Å². The molecule has 23 heavy (non-hydrogen) atoms. The van der Waals surface area contributed by atoms with E-state index in [1.165, 1.54) is 12.1 Å². The second kappa shape index (κ2) is 7.31. The van der Waals surface area contributed by atoms with Crippen LogP contribution in [0.4, 0.5) is 10.1 Å². The first-order valence-electron chi connectivity index (χ1n) is 6.93. The lowest BCUT2D eigenvalue weighted by Crippen LogP contribution is -2.32. The van der Waals surface area contributed by atoms with Crippen LogP contribution in [-0.2, 0) is 9.59 Å². The van der Waals surface area contributed by atoms with E-state index in [1.807, 2.05) is 26.0 Å². The van der Waals surface area contributed by atoms with E-state index in [-0.39, 0.29) is 5.56 Å².